The first-order chi connectivity index (χ1) is 16.5. The summed E-state index contributed by atoms with van der Waals surface area (Å²) in [6.45, 7) is -2.71. The first-order valence-electron chi connectivity index (χ1n) is 11.5. The van der Waals surface area contributed by atoms with Crippen LogP contribution in [-0.2, 0) is 11.8 Å². The molecule has 166 valence electrons. The molecular weight excluding hydrogens is 410 g/mol. The van der Waals surface area contributed by atoms with Crippen LogP contribution >= 0.6 is 0 Å². The minimum absolute atomic E-state index is 0.0605. The third kappa shape index (κ3) is 4.36. The van der Waals surface area contributed by atoms with E-state index in [0.29, 0.717) is 11.5 Å². The van der Waals surface area contributed by atoms with Gasteiger partial charge in [0.05, 0.1) is 17.1 Å². The molecule has 2 amide bonds. The Labute approximate surface area is 189 Å². The van der Waals surface area contributed by atoms with Crippen molar-refractivity contribution in [1.29, 1.82) is 0 Å². The van der Waals surface area contributed by atoms with E-state index < -0.39 is 12.9 Å². The van der Waals surface area contributed by atoms with Crippen molar-refractivity contribution in [3.05, 3.63) is 36.3 Å². The standard InChI is InChI=1S/C21H25N9O2/c1-22-21(32)17-15(10-16(26-27-17)25-20(31)12-8-9-12)24-14-7-5-6-13(18(14)29(2)3)19-23-11-30(4)28-19/h5-7,10-12H,8-9H2,1-4H3,(H,22,32)(H2,24,25,26,31)/i1D3. The fourth-order valence-electron chi connectivity index (χ4n) is 3.26. The van der Waals surface area contributed by atoms with Gasteiger partial charge in [-0.3, -0.25) is 14.3 Å². The monoisotopic (exact) mass is 438 g/mol. The molecule has 11 nitrogen and oxygen atoms in total. The summed E-state index contributed by atoms with van der Waals surface area (Å²) in [5, 5.41) is 20.0. The number of rotatable bonds is 7. The summed E-state index contributed by atoms with van der Waals surface area (Å²) in [4.78, 5) is 31.1. The van der Waals surface area contributed by atoms with Crippen LogP contribution in [0.3, 0.4) is 0 Å². The Kier molecular flexibility index (Phi) is 4.75. The molecule has 3 aromatic rings. The number of aryl methyl sites for hydroxylation is 1. The summed E-state index contributed by atoms with van der Waals surface area (Å²) in [6.07, 6.45) is 3.21. The van der Waals surface area contributed by atoms with Gasteiger partial charge in [0, 0.05) is 49.8 Å². The lowest BCUT2D eigenvalue weighted by Crippen LogP contribution is -2.23. The van der Waals surface area contributed by atoms with E-state index in [1.165, 1.54) is 6.07 Å². The minimum Gasteiger partial charge on any atom is -0.375 e. The van der Waals surface area contributed by atoms with Crippen molar-refractivity contribution in [1.82, 2.24) is 30.3 Å². The minimum atomic E-state index is -2.71. The van der Waals surface area contributed by atoms with Crippen molar-refractivity contribution < 1.29 is 13.7 Å². The molecule has 0 saturated heterocycles. The quantitative estimate of drug-likeness (QED) is 0.509. The van der Waals surface area contributed by atoms with Crippen LogP contribution in [0.4, 0.5) is 22.9 Å². The van der Waals surface area contributed by atoms with Crippen molar-refractivity contribution >= 4 is 34.7 Å². The molecule has 11 heteroatoms. The number of hydrogen-bond donors (Lipinski definition) is 3. The van der Waals surface area contributed by atoms with Gasteiger partial charge in [0.1, 0.15) is 6.33 Å². The fraction of sp³-hybridized carbons (Fsp3) is 0.333. The Morgan fingerprint density at radius 2 is 2.03 bits per heavy atom. The van der Waals surface area contributed by atoms with Crippen molar-refractivity contribution in [2.24, 2.45) is 13.0 Å². The summed E-state index contributed by atoms with van der Waals surface area (Å²) in [7, 11) is 5.46. The van der Waals surface area contributed by atoms with Gasteiger partial charge in [0.15, 0.2) is 17.3 Å². The summed E-state index contributed by atoms with van der Waals surface area (Å²) < 4.78 is 23.7. The van der Waals surface area contributed by atoms with Gasteiger partial charge >= 0.3 is 0 Å². The number of aromatic nitrogens is 5. The molecule has 4 rings (SSSR count). The maximum absolute atomic E-state index is 12.7. The van der Waals surface area contributed by atoms with Gasteiger partial charge in [-0.05, 0) is 25.0 Å². The third-order valence-corrected chi connectivity index (χ3v) is 4.91. The van der Waals surface area contributed by atoms with Crippen LogP contribution in [0.25, 0.3) is 11.4 Å². The first-order valence-corrected chi connectivity index (χ1v) is 9.96. The van der Waals surface area contributed by atoms with Crippen molar-refractivity contribution in [2.75, 3.05) is 36.6 Å². The number of carbonyl (C=O) groups excluding carboxylic acids is 2. The van der Waals surface area contributed by atoms with Gasteiger partial charge < -0.3 is 20.9 Å². The number of benzene rings is 1. The molecule has 1 fully saturated rings. The molecule has 1 saturated carbocycles. The van der Waals surface area contributed by atoms with Crippen molar-refractivity contribution in [2.45, 2.75) is 12.8 Å². The topological polar surface area (TPSA) is 130 Å². The van der Waals surface area contributed by atoms with Crippen molar-refractivity contribution in [3.63, 3.8) is 0 Å². The largest absolute Gasteiger partial charge is 0.375 e. The van der Waals surface area contributed by atoms with Gasteiger partial charge in [-0.1, -0.05) is 6.07 Å². The highest BCUT2D eigenvalue weighted by Crippen LogP contribution is 2.37. The molecule has 3 N–H and O–H groups in total. The number of nitrogens with one attached hydrogen (secondary N) is 3. The van der Waals surface area contributed by atoms with Gasteiger partial charge in [0.2, 0.25) is 5.91 Å². The van der Waals surface area contributed by atoms with Crippen LogP contribution in [0.15, 0.2) is 30.6 Å². The summed E-state index contributed by atoms with van der Waals surface area (Å²) in [5.41, 5.74) is 1.97. The summed E-state index contributed by atoms with van der Waals surface area (Å²) in [6, 6.07) is 6.90. The molecule has 32 heavy (non-hydrogen) atoms. The highest BCUT2D eigenvalue weighted by molar-refractivity contribution is 6.00. The lowest BCUT2D eigenvalue weighted by atomic mass is 10.1. The molecule has 2 heterocycles. The zero-order valence-corrected chi connectivity index (χ0v) is 17.9. The zero-order valence-electron chi connectivity index (χ0n) is 20.9. The highest BCUT2D eigenvalue weighted by atomic mass is 16.2. The van der Waals surface area contributed by atoms with E-state index in [-0.39, 0.29) is 29.0 Å². The van der Waals surface area contributed by atoms with E-state index in [0.717, 1.165) is 24.1 Å². The van der Waals surface area contributed by atoms with E-state index in [2.05, 4.69) is 30.9 Å². The number of nitrogens with zero attached hydrogens (tertiary/aromatic N) is 6. The molecule has 1 aliphatic rings. The normalized spacial score (nSPS) is 14.7. The molecule has 2 aromatic heterocycles. The second-order valence-corrected chi connectivity index (χ2v) is 7.67. The van der Waals surface area contributed by atoms with Crippen LogP contribution < -0.4 is 20.9 Å². The lowest BCUT2D eigenvalue weighted by Gasteiger charge is -2.22. The van der Waals surface area contributed by atoms with Crippen LogP contribution in [-0.4, -0.2) is 57.8 Å². The predicted molar refractivity (Wildman–Crippen MR) is 121 cm³/mol. The van der Waals surface area contributed by atoms with Gasteiger partial charge in [-0.25, -0.2) is 4.98 Å². The molecule has 1 aliphatic carbocycles. The maximum atomic E-state index is 12.7. The van der Waals surface area contributed by atoms with E-state index >= 15 is 0 Å². The van der Waals surface area contributed by atoms with Crippen LogP contribution in [0.5, 0.6) is 0 Å². The first kappa shape index (κ1) is 17.6. The van der Waals surface area contributed by atoms with Crippen molar-refractivity contribution in [3.8, 4) is 11.4 Å². The average Bonchev–Trinajstić information content (AvgIpc) is 3.53. The maximum Gasteiger partial charge on any atom is 0.273 e. The molecule has 0 radical (unpaired) electrons. The summed E-state index contributed by atoms with van der Waals surface area (Å²) in [5.74, 6) is -0.528. The molecule has 0 bridgehead atoms. The molecular formula is C21H25N9O2. The number of amides is 2. The van der Waals surface area contributed by atoms with E-state index in [1.807, 2.05) is 30.4 Å². The predicted octanol–water partition coefficient (Wildman–Crippen LogP) is 1.79. The Morgan fingerprint density at radius 3 is 2.69 bits per heavy atom. The third-order valence-electron chi connectivity index (χ3n) is 4.91. The Bertz CT molecular complexity index is 1270. The summed E-state index contributed by atoms with van der Waals surface area (Å²) >= 11 is 0. The molecule has 0 aliphatic heterocycles. The Hall–Kier alpha value is -4.02. The van der Waals surface area contributed by atoms with Crippen LogP contribution in [0, 0.1) is 5.92 Å². The molecule has 0 spiro atoms. The van der Waals surface area contributed by atoms with Gasteiger partial charge in [-0.2, -0.15) is 5.10 Å². The highest BCUT2D eigenvalue weighted by Gasteiger charge is 2.30. The number of hydrogen-bond acceptors (Lipinski definition) is 8. The van der Waals surface area contributed by atoms with Crippen LogP contribution in [0.1, 0.15) is 27.4 Å². The smallest absolute Gasteiger partial charge is 0.273 e. The molecule has 0 unspecified atom stereocenters. The van der Waals surface area contributed by atoms with Crippen LogP contribution in [0.2, 0.25) is 0 Å². The van der Waals surface area contributed by atoms with Gasteiger partial charge in [0.25, 0.3) is 5.91 Å². The molecule has 0 atom stereocenters. The fourth-order valence-corrected chi connectivity index (χ4v) is 3.26. The number of carbonyl (C=O) groups is 2. The second-order valence-electron chi connectivity index (χ2n) is 7.67. The van der Waals surface area contributed by atoms with E-state index in [4.69, 9.17) is 4.11 Å². The average molecular weight is 439 g/mol. The molecule has 1 aromatic carbocycles. The Balaban J connectivity index is 1.75. The Morgan fingerprint density at radius 1 is 1.22 bits per heavy atom. The van der Waals surface area contributed by atoms with E-state index in [1.54, 1.807) is 30.2 Å². The SMILES string of the molecule is [2H]C([2H])([2H])NC(=O)c1nnc(NC(=O)C2CC2)cc1Nc1cccc(-c2ncn(C)n2)c1N(C)C. The second kappa shape index (κ2) is 8.61. The number of para-hydroxylation sites is 1. The van der Waals surface area contributed by atoms with Gasteiger partial charge in [-0.15, -0.1) is 10.2 Å². The lowest BCUT2D eigenvalue weighted by molar-refractivity contribution is -0.117. The zero-order chi connectivity index (χ0) is 25.3. The number of anilines is 4. The van der Waals surface area contributed by atoms with E-state index in [9.17, 15) is 9.59 Å².